The number of rotatable bonds is 4. The van der Waals surface area contributed by atoms with Crippen LogP contribution in [0.3, 0.4) is 0 Å². The Kier molecular flexibility index (Phi) is 4.18. The van der Waals surface area contributed by atoms with Gasteiger partial charge >= 0.3 is 5.97 Å². The first-order valence-electron chi connectivity index (χ1n) is 6.68. The molecule has 1 aliphatic carbocycles. The maximum absolute atomic E-state index is 10.8. The number of hydrogen-bond acceptors (Lipinski definition) is 3. The topological polar surface area (TPSA) is 53.4 Å². The first-order valence-corrected chi connectivity index (χ1v) is 6.68. The lowest BCUT2D eigenvalue weighted by molar-refractivity contribution is 0.0696. The van der Waals surface area contributed by atoms with Crippen molar-refractivity contribution in [3.8, 4) is 0 Å². The molecule has 1 aliphatic rings. The Morgan fingerprint density at radius 2 is 2.11 bits per heavy atom. The molecular formula is C14H20N2O2. The quantitative estimate of drug-likeness (QED) is 0.890. The molecule has 4 heteroatoms. The van der Waals surface area contributed by atoms with Crippen LogP contribution in [0.15, 0.2) is 18.3 Å². The van der Waals surface area contributed by atoms with Crippen molar-refractivity contribution < 1.29 is 9.90 Å². The molecule has 0 amide bonds. The van der Waals surface area contributed by atoms with Crippen LogP contribution in [-0.4, -0.2) is 28.6 Å². The fourth-order valence-corrected chi connectivity index (χ4v) is 2.68. The Morgan fingerprint density at radius 1 is 1.39 bits per heavy atom. The van der Waals surface area contributed by atoms with E-state index >= 15 is 0 Å². The van der Waals surface area contributed by atoms with E-state index in [1.165, 1.54) is 38.3 Å². The molecule has 0 saturated heterocycles. The molecular weight excluding hydrogens is 228 g/mol. The Morgan fingerprint density at radius 3 is 2.61 bits per heavy atom. The first-order chi connectivity index (χ1) is 8.72. The van der Waals surface area contributed by atoms with Crippen LogP contribution in [0, 0.1) is 0 Å². The van der Waals surface area contributed by atoms with Crippen LogP contribution in [0.4, 0.5) is 5.82 Å². The fourth-order valence-electron chi connectivity index (χ4n) is 2.68. The van der Waals surface area contributed by atoms with Crippen molar-refractivity contribution in [2.24, 2.45) is 0 Å². The van der Waals surface area contributed by atoms with Gasteiger partial charge in [-0.25, -0.2) is 9.78 Å². The zero-order valence-electron chi connectivity index (χ0n) is 10.8. The number of nitrogens with zero attached hydrogens (tertiary/aromatic N) is 2. The lowest BCUT2D eigenvalue weighted by Gasteiger charge is -2.34. The summed E-state index contributed by atoms with van der Waals surface area (Å²) >= 11 is 0. The van der Waals surface area contributed by atoms with Gasteiger partial charge in [0, 0.05) is 18.8 Å². The molecule has 18 heavy (non-hydrogen) atoms. The molecule has 1 heterocycles. The highest BCUT2D eigenvalue weighted by molar-refractivity contribution is 5.87. The molecule has 0 aliphatic heterocycles. The van der Waals surface area contributed by atoms with Crippen molar-refractivity contribution in [2.75, 3.05) is 11.4 Å². The average molecular weight is 248 g/mol. The van der Waals surface area contributed by atoms with Gasteiger partial charge in [-0.05, 0) is 31.9 Å². The third kappa shape index (κ3) is 2.81. The van der Waals surface area contributed by atoms with E-state index in [0.29, 0.717) is 6.04 Å². The van der Waals surface area contributed by atoms with Gasteiger partial charge in [-0.1, -0.05) is 19.3 Å². The largest absolute Gasteiger partial charge is 0.478 e. The highest BCUT2D eigenvalue weighted by Gasteiger charge is 2.21. The maximum Gasteiger partial charge on any atom is 0.337 e. The van der Waals surface area contributed by atoms with Crippen LogP contribution in [0.2, 0.25) is 0 Å². The van der Waals surface area contributed by atoms with Crippen molar-refractivity contribution in [2.45, 2.75) is 45.1 Å². The van der Waals surface area contributed by atoms with Crippen LogP contribution < -0.4 is 4.90 Å². The van der Waals surface area contributed by atoms with E-state index in [4.69, 9.17) is 5.11 Å². The fraction of sp³-hybridized carbons (Fsp3) is 0.571. The summed E-state index contributed by atoms with van der Waals surface area (Å²) < 4.78 is 0. The third-order valence-corrected chi connectivity index (χ3v) is 3.65. The Labute approximate surface area is 108 Å². The average Bonchev–Trinajstić information content (AvgIpc) is 2.41. The summed E-state index contributed by atoms with van der Waals surface area (Å²) in [6, 6.07) is 4.02. The minimum absolute atomic E-state index is 0.249. The SMILES string of the molecule is CCN(c1ccc(C(=O)O)cn1)C1CCCCC1. The van der Waals surface area contributed by atoms with Crippen molar-refractivity contribution in [3.05, 3.63) is 23.9 Å². The molecule has 0 aromatic carbocycles. The molecule has 0 radical (unpaired) electrons. The van der Waals surface area contributed by atoms with E-state index in [-0.39, 0.29) is 5.56 Å². The molecule has 0 atom stereocenters. The van der Waals surface area contributed by atoms with E-state index < -0.39 is 5.97 Å². The summed E-state index contributed by atoms with van der Waals surface area (Å²) in [7, 11) is 0. The van der Waals surface area contributed by atoms with Crippen LogP contribution in [0.1, 0.15) is 49.4 Å². The summed E-state index contributed by atoms with van der Waals surface area (Å²) in [5, 5.41) is 8.87. The molecule has 2 rings (SSSR count). The minimum atomic E-state index is -0.922. The van der Waals surface area contributed by atoms with E-state index in [1.807, 2.05) is 6.07 Å². The van der Waals surface area contributed by atoms with Gasteiger partial charge in [0.2, 0.25) is 0 Å². The number of carboxylic acid groups (broad SMARTS) is 1. The van der Waals surface area contributed by atoms with Crippen LogP contribution >= 0.6 is 0 Å². The highest BCUT2D eigenvalue weighted by Crippen LogP contribution is 2.26. The number of anilines is 1. The summed E-state index contributed by atoms with van der Waals surface area (Å²) in [6.45, 7) is 3.05. The van der Waals surface area contributed by atoms with E-state index in [0.717, 1.165) is 12.4 Å². The van der Waals surface area contributed by atoms with Crippen molar-refractivity contribution in [1.29, 1.82) is 0 Å². The number of pyridine rings is 1. The second kappa shape index (κ2) is 5.85. The number of carbonyl (C=O) groups is 1. The standard InChI is InChI=1S/C14H20N2O2/c1-2-16(12-6-4-3-5-7-12)13-9-8-11(10-15-13)14(17)18/h8-10,12H,2-7H2,1H3,(H,17,18). The van der Waals surface area contributed by atoms with Gasteiger partial charge in [0.05, 0.1) is 5.56 Å². The molecule has 1 aromatic rings. The molecule has 0 spiro atoms. The number of aromatic carboxylic acids is 1. The van der Waals surface area contributed by atoms with Crippen molar-refractivity contribution >= 4 is 11.8 Å². The molecule has 98 valence electrons. The van der Waals surface area contributed by atoms with Gasteiger partial charge in [0.15, 0.2) is 0 Å². The van der Waals surface area contributed by atoms with E-state index in [1.54, 1.807) is 6.07 Å². The molecule has 1 N–H and O–H groups in total. The Hall–Kier alpha value is -1.58. The van der Waals surface area contributed by atoms with Crippen LogP contribution in [0.25, 0.3) is 0 Å². The molecule has 4 nitrogen and oxygen atoms in total. The van der Waals surface area contributed by atoms with Gasteiger partial charge in [-0.15, -0.1) is 0 Å². The summed E-state index contributed by atoms with van der Waals surface area (Å²) in [6.07, 6.45) is 7.79. The van der Waals surface area contributed by atoms with Gasteiger partial charge in [0.25, 0.3) is 0 Å². The number of hydrogen-bond donors (Lipinski definition) is 1. The summed E-state index contributed by atoms with van der Waals surface area (Å²) in [4.78, 5) is 17.4. The molecule has 1 fully saturated rings. The van der Waals surface area contributed by atoms with Crippen LogP contribution in [0.5, 0.6) is 0 Å². The van der Waals surface area contributed by atoms with Gasteiger partial charge in [0.1, 0.15) is 5.82 Å². The second-order valence-corrected chi connectivity index (χ2v) is 4.79. The zero-order valence-corrected chi connectivity index (χ0v) is 10.8. The first kappa shape index (κ1) is 12.9. The van der Waals surface area contributed by atoms with Crippen LogP contribution in [-0.2, 0) is 0 Å². The predicted molar refractivity (Wildman–Crippen MR) is 71.1 cm³/mol. The lowest BCUT2D eigenvalue weighted by Crippen LogP contribution is -2.37. The number of aromatic nitrogens is 1. The van der Waals surface area contributed by atoms with Crippen molar-refractivity contribution in [1.82, 2.24) is 4.98 Å². The predicted octanol–water partition coefficient (Wildman–Crippen LogP) is 2.94. The Balaban J connectivity index is 2.13. The number of carboxylic acids is 1. The molecule has 1 saturated carbocycles. The summed E-state index contributed by atoms with van der Waals surface area (Å²) in [5.41, 5.74) is 0.249. The second-order valence-electron chi connectivity index (χ2n) is 4.79. The highest BCUT2D eigenvalue weighted by atomic mass is 16.4. The normalized spacial score (nSPS) is 16.5. The third-order valence-electron chi connectivity index (χ3n) is 3.65. The Bertz CT molecular complexity index is 397. The van der Waals surface area contributed by atoms with E-state index in [9.17, 15) is 4.79 Å². The minimum Gasteiger partial charge on any atom is -0.478 e. The smallest absolute Gasteiger partial charge is 0.337 e. The molecule has 1 aromatic heterocycles. The lowest BCUT2D eigenvalue weighted by atomic mass is 9.94. The summed E-state index contributed by atoms with van der Waals surface area (Å²) in [5.74, 6) is -0.0239. The van der Waals surface area contributed by atoms with Gasteiger partial charge in [-0.3, -0.25) is 0 Å². The van der Waals surface area contributed by atoms with Crippen molar-refractivity contribution in [3.63, 3.8) is 0 Å². The monoisotopic (exact) mass is 248 g/mol. The van der Waals surface area contributed by atoms with E-state index in [2.05, 4.69) is 16.8 Å². The van der Waals surface area contributed by atoms with Gasteiger partial charge < -0.3 is 10.0 Å². The molecule has 0 unspecified atom stereocenters. The zero-order chi connectivity index (χ0) is 13.0. The maximum atomic E-state index is 10.8. The molecule has 0 bridgehead atoms. The van der Waals surface area contributed by atoms with Gasteiger partial charge in [-0.2, -0.15) is 0 Å².